The molecule has 2 rings (SSSR count). The van der Waals surface area contributed by atoms with Crippen LogP contribution in [0.4, 0.5) is 0 Å². The molecule has 1 fully saturated rings. The lowest BCUT2D eigenvalue weighted by molar-refractivity contribution is -0.121. The zero-order chi connectivity index (χ0) is 17.1. The van der Waals surface area contributed by atoms with Gasteiger partial charge in [-0.2, -0.15) is 5.10 Å². The van der Waals surface area contributed by atoms with E-state index in [2.05, 4.69) is 62.5 Å². The first kappa shape index (κ1) is 18.4. The average molecular weight is 351 g/mol. The Balaban J connectivity index is 1.95. The minimum atomic E-state index is -0.0138. The molecule has 1 amide bonds. The summed E-state index contributed by atoms with van der Waals surface area (Å²) in [5.41, 5.74) is 6.00. The lowest BCUT2D eigenvalue weighted by Gasteiger charge is -2.20. The van der Waals surface area contributed by atoms with Crippen LogP contribution in [-0.2, 0) is 10.2 Å². The van der Waals surface area contributed by atoms with Gasteiger partial charge in [-0.15, -0.1) is 23.5 Å². The Morgan fingerprint density at radius 2 is 1.78 bits per heavy atom. The fourth-order valence-corrected chi connectivity index (χ4v) is 5.24. The smallest absolute Gasteiger partial charge is 0.242 e. The topological polar surface area (TPSA) is 41.5 Å². The molecule has 0 saturated carbocycles. The molecule has 1 aliphatic rings. The van der Waals surface area contributed by atoms with Crippen LogP contribution in [0.3, 0.4) is 0 Å². The van der Waals surface area contributed by atoms with Crippen LogP contribution >= 0.6 is 23.5 Å². The molecule has 3 nitrogen and oxygen atoms in total. The molecule has 1 N–H and O–H groups in total. The SMILES string of the molecule is C/C(=N/NC(=O)CC1(C)SCCS1)c1ccc(C(C)(C)C)cc1. The summed E-state index contributed by atoms with van der Waals surface area (Å²) in [4.78, 5) is 12.1. The minimum absolute atomic E-state index is 0.00185. The Morgan fingerprint density at radius 1 is 1.22 bits per heavy atom. The van der Waals surface area contributed by atoms with Crippen LogP contribution in [0.15, 0.2) is 29.4 Å². The molecule has 5 heteroatoms. The summed E-state index contributed by atoms with van der Waals surface area (Å²) in [5.74, 6) is 2.23. The summed E-state index contributed by atoms with van der Waals surface area (Å²) in [5, 5.41) is 4.26. The van der Waals surface area contributed by atoms with E-state index in [9.17, 15) is 4.79 Å². The molecule has 1 heterocycles. The standard InChI is InChI=1S/C18H26N2OS2/c1-13(14-6-8-15(9-7-14)17(2,3)4)19-20-16(21)12-18(5)22-10-11-23-18/h6-9H,10-12H2,1-5H3,(H,20,21)/b19-13-. The van der Waals surface area contributed by atoms with Gasteiger partial charge in [-0.05, 0) is 30.4 Å². The van der Waals surface area contributed by atoms with Crippen molar-refractivity contribution >= 4 is 35.1 Å². The van der Waals surface area contributed by atoms with Crippen LogP contribution in [-0.4, -0.2) is 27.2 Å². The van der Waals surface area contributed by atoms with Gasteiger partial charge in [0.1, 0.15) is 0 Å². The van der Waals surface area contributed by atoms with E-state index in [1.54, 1.807) is 0 Å². The van der Waals surface area contributed by atoms with Crippen molar-refractivity contribution in [2.24, 2.45) is 5.10 Å². The Bertz CT molecular complexity index is 582. The van der Waals surface area contributed by atoms with Crippen LogP contribution in [0.5, 0.6) is 0 Å². The van der Waals surface area contributed by atoms with Gasteiger partial charge < -0.3 is 0 Å². The Kier molecular flexibility index (Phi) is 5.84. The van der Waals surface area contributed by atoms with E-state index in [0.29, 0.717) is 6.42 Å². The van der Waals surface area contributed by atoms with Crippen LogP contribution in [0.2, 0.25) is 0 Å². The molecule has 0 unspecified atom stereocenters. The molecular formula is C18H26N2OS2. The first-order valence-corrected chi connectivity index (χ1v) is 9.89. The Hall–Kier alpha value is -0.940. The highest BCUT2D eigenvalue weighted by Gasteiger charge is 2.32. The van der Waals surface area contributed by atoms with Gasteiger partial charge in [-0.3, -0.25) is 4.79 Å². The number of nitrogens with zero attached hydrogens (tertiary/aromatic N) is 1. The number of carbonyl (C=O) groups excluding carboxylic acids is 1. The monoisotopic (exact) mass is 350 g/mol. The number of hydrogen-bond donors (Lipinski definition) is 1. The number of benzene rings is 1. The normalized spacial score (nSPS) is 18.0. The van der Waals surface area contributed by atoms with Crippen LogP contribution in [0.1, 0.15) is 52.2 Å². The van der Waals surface area contributed by atoms with E-state index in [1.807, 2.05) is 30.4 Å². The molecule has 1 saturated heterocycles. The molecule has 23 heavy (non-hydrogen) atoms. The maximum absolute atomic E-state index is 12.1. The van der Waals surface area contributed by atoms with Gasteiger partial charge in [-0.1, -0.05) is 45.0 Å². The highest BCUT2D eigenvalue weighted by Crippen LogP contribution is 2.45. The average Bonchev–Trinajstić information content (AvgIpc) is 2.90. The molecule has 0 bridgehead atoms. The second kappa shape index (κ2) is 7.31. The fourth-order valence-electron chi connectivity index (χ4n) is 2.41. The molecule has 1 aromatic carbocycles. The zero-order valence-corrected chi connectivity index (χ0v) is 16.2. The first-order valence-electron chi connectivity index (χ1n) is 7.92. The largest absolute Gasteiger partial charge is 0.273 e. The molecule has 0 radical (unpaired) electrons. The van der Waals surface area contributed by atoms with Gasteiger partial charge >= 0.3 is 0 Å². The molecule has 0 aliphatic carbocycles. The minimum Gasteiger partial charge on any atom is -0.273 e. The van der Waals surface area contributed by atoms with E-state index in [0.717, 1.165) is 22.8 Å². The van der Waals surface area contributed by atoms with Crippen molar-refractivity contribution in [1.82, 2.24) is 5.43 Å². The Labute approximate surface area is 148 Å². The van der Waals surface area contributed by atoms with E-state index in [1.165, 1.54) is 5.56 Å². The number of nitrogens with one attached hydrogen (secondary N) is 1. The summed E-state index contributed by atoms with van der Waals surface area (Å²) >= 11 is 3.72. The summed E-state index contributed by atoms with van der Waals surface area (Å²) < 4.78 is 0.00185. The quantitative estimate of drug-likeness (QED) is 0.646. The zero-order valence-electron chi connectivity index (χ0n) is 14.6. The van der Waals surface area contributed by atoms with Crippen molar-refractivity contribution in [2.45, 2.75) is 50.5 Å². The van der Waals surface area contributed by atoms with Gasteiger partial charge in [-0.25, -0.2) is 5.43 Å². The third-order valence-corrected chi connectivity index (χ3v) is 7.19. The van der Waals surface area contributed by atoms with E-state index < -0.39 is 0 Å². The van der Waals surface area contributed by atoms with Gasteiger partial charge in [0.05, 0.1) is 16.2 Å². The maximum Gasteiger partial charge on any atom is 0.242 e. The summed E-state index contributed by atoms with van der Waals surface area (Å²) in [6.45, 7) is 10.7. The van der Waals surface area contributed by atoms with Crippen molar-refractivity contribution in [3.8, 4) is 0 Å². The Morgan fingerprint density at radius 3 is 2.30 bits per heavy atom. The van der Waals surface area contributed by atoms with Crippen molar-refractivity contribution in [3.05, 3.63) is 35.4 Å². The molecule has 0 atom stereocenters. The third-order valence-electron chi connectivity index (χ3n) is 3.90. The second-order valence-corrected chi connectivity index (χ2v) is 10.5. The van der Waals surface area contributed by atoms with E-state index >= 15 is 0 Å². The van der Waals surface area contributed by atoms with E-state index in [-0.39, 0.29) is 15.4 Å². The number of rotatable bonds is 4. The van der Waals surface area contributed by atoms with Crippen molar-refractivity contribution in [2.75, 3.05) is 11.5 Å². The molecule has 0 aromatic heterocycles. The van der Waals surface area contributed by atoms with Crippen LogP contribution in [0.25, 0.3) is 0 Å². The van der Waals surface area contributed by atoms with Crippen molar-refractivity contribution in [3.63, 3.8) is 0 Å². The van der Waals surface area contributed by atoms with E-state index in [4.69, 9.17) is 0 Å². The molecule has 1 aliphatic heterocycles. The van der Waals surface area contributed by atoms with Crippen molar-refractivity contribution < 1.29 is 4.79 Å². The highest BCUT2D eigenvalue weighted by molar-refractivity contribution is 8.21. The van der Waals surface area contributed by atoms with Gasteiger partial charge in [0.2, 0.25) is 5.91 Å². The maximum atomic E-state index is 12.1. The fraction of sp³-hybridized carbons (Fsp3) is 0.556. The van der Waals surface area contributed by atoms with Crippen LogP contribution in [0, 0.1) is 0 Å². The van der Waals surface area contributed by atoms with Gasteiger partial charge in [0.15, 0.2) is 0 Å². The molecule has 1 aromatic rings. The summed E-state index contributed by atoms with van der Waals surface area (Å²) in [6, 6.07) is 8.39. The number of carbonyl (C=O) groups is 1. The third kappa shape index (κ3) is 5.28. The van der Waals surface area contributed by atoms with Crippen molar-refractivity contribution in [1.29, 1.82) is 0 Å². The predicted octanol–water partition coefficient (Wildman–Crippen LogP) is 4.41. The summed E-state index contributed by atoms with van der Waals surface area (Å²) in [7, 11) is 0. The summed E-state index contributed by atoms with van der Waals surface area (Å²) in [6.07, 6.45) is 0.502. The second-order valence-electron chi connectivity index (χ2n) is 7.07. The lowest BCUT2D eigenvalue weighted by Crippen LogP contribution is -2.26. The predicted molar refractivity (Wildman–Crippen MR) is 103 cm³/mol. The van der Waals surface area contributed by atoms with Gasteiger partial charge in [0.25, 0.3) is 0 Å². The highest BCUT2D eigenvalue weighted by atomic mass is 32.2. The number of hydrazone groups is 1. The lowest BCUT2D eigenvalue weighted by atomic mass is 9.86. The van der Waals surface area contributed by atoms with Gasteiger partial charge in [0, 0.05) is 11.5 Å². The number of amides is 1. The molecule has 126 valence electrons. The molecular weight excluding hydrogens is 324 g/mol. The number of hydrogen-bond acceptors (Lipinski definition) is 4. The first-order chi connectivity index (χ1) is 10.7. The number of thioether (sulfide) groups is 2. The molecule has 0 spiro atoms. The van der Waals surface area contributed by atoms with Crippen LogP contribution < -0.4 is 5.43 Å².